The molecule has 0 bridgehead atoms. The van der Waals surface area contributed by atoms with Gasteiger partial charge in [0.15, 0.2) is 0 Å². The van der Waals surface area contributed by atoms with Gasteiger partial charge in [-0.15, -0.1) is 0 Å². The smallest absolute Gasteiger partial charge is 0.0542 e. The first-order valence-corrected chi connectivity index (χ1v) is 25.0. The fourth-order valence-electron chi connectivity index (χ4n) is 10.6. The summed E-state index contributed by atoms with van der Waals surface area (Å²) in [5.41, 5.74) is 24.0. The van der Waals surface area contributed by atoms with E-state index in [-0.39, 0.29) is 0 Å². The van der Waals surface area contributed by atoms with Gasteiger partial charge in [-0.25, -0.2) is 0 Å². The van der Waals surface area contributed by atoms with Crippen LogP contribution in [0.25, 0.3) is 117 Å². The Kier molecular flexibility index (Phi) is 11.1. The maximum Gasteiger partial charge on any atom is 0.0542 e. The summed E-state index contributed by atoms with van der Waals surface area (Å²) >= 11 is 0. The third-order valence-electron chi connectivity index (χ3n) is 14.5. The van der Waals surface area contributed by atoms with Gasteiger partial charge in [-0.3, -0.25) is 0 Å². The van der Waals surface area contributed by atoms with Crippen LogP contribution < -0.4 is 0 Å². The molecular formula is C70H50N2. The van der Waals surface area contributed by atoms with Crippen LogP contribution in [0.1, 0.15) is 18.4 Å². The number of benzene rings is 10. The molecule has 2 nitrogen and oxygen atoms in total. The Balaban J connectivity index is 0.935. The monoisotopic (exact) mass is 918 g/mol. The molecule has 1 aliphatic rings. The third-order valence-corrected chi connectivity index (χ3v) is 14.5. The van der Waals surface area contributed by atoms with Crippen molar-refractivity contribution in [3.05, 3.63) is 285 Å². The number of aromatic nitrogens is 2. The minimum Gasteiger partial charge on any atom is -0.309 e. The second kappa shape index (κ2) is 18.6. The molecule has 72 heavy (non-hydrogen) atoms. The Labute approximate surface area is 421 Å². The quantitative estimate of drug-likeness (QED) is 0.129. The summed E-state index contributed by atoms with van der Waals surface area (Å²) in [6.45, 7) is 0. The average molecular weight is 919 g/mol. The van der Waals surface area contributed by atoms with E-state index >= 15 is 0 Å². The summed E-state index contributed by atoms with van der Waals surface area (Å²) in [6, 6.07) is 95.6. The van der Waals surface area contributed by atoms with E-state index in [4.69, 9.17) is 0 Å². The van der Waals surface area contributed by atoms with Crippen LogP contribution in [0.4, 0.5) is 0 Å². The predicted molar refractivity (Wildman–Crippen MR) is 305 cm³/mol. The van der Waals surface area contributed by atoms with Crippen molar-refractivity contribution in [3.63, 3.8) is 0 Å². The minimum atomic E-state index is 1.07. The molecule has 340 valence electrons. The molecule has 12 aromatic rings. The predicted octanol–water partition coefficient (Wildman–Crippen LogP) is 19.0. The van der Waals surface area contributed by atoms with E-state index in [2.05, 4.69) is 288 Å². The van der Waals surface area contributed by atoms with Gasteiger partial charge in [0.05, 0.1) is 22.4 Å². The zero-order valence-electron chi connectivity index (χ0n) is 39.9. The van der Waals surface area contributed by atoms with Crippen molar-refractivity contribution in [3.8, 4) is 89.5 Å². The molecule has 0 saturated heterocycles. The van der Waals surface area contributed by atoms with Gasteiger partial charge in [0.25, 0.3) is 0 Å². The van der Waals surface area contributed by atoms with Gasteiger partial charge < -0.3 is 9.13 Å². The average Bonchev–Trinajstić information content (AvgIpc) is 4.04. The second-order valence-electron chi connectivity index (χ2n) is 18.9. The van der Waals surface area contributed by atoms with Crippen molar-refractivity contribution in [2.75, 3.05) is 0 Å². The van der Waals surface area contributed by atoms with Gasteiger partial charge in [-0.2, -0.15) is 0 Å². The van der Waals surface area contributed by atoms with E-state index in [1.54, 1.807) is 0 Å². The molecule has 10 aromatic carbocycles. The van der Waals surface area contributed by atoms with E-state index in [0.29, 0.717) is 0 Å². The molecule has 2 heteroatoms. The first-order valence-electron chi connectivity index (χ1n) is 25.0. The van der Waals surface area contributed by atoms with Gasteiger partial charge in [0.1, 0.15) is 0 Å². The van der Waals surface area contributed by atoms with Crippen molar-refractivity contribution in [1.29, 1.82) is 0 Å². The molecule has 1 aliphatic carbocycles. The molecule has 0 amide bonds. The van der Waals surface area contributed by atoms with Gasteiger partial charge in [0.2, 0.25) is 0 Å². The van der Waals surface area contributed by atoms with Crippen LogP contribution in [-0.4, -0.2) is 9.13 Å². The van der Waals surface area contributed by atoms with Crippen molar-refractivity contribution in [2.24, 2.45) is 0 Å². The molecule has 0 aliphatic heterocycles. The lowest BCUT2D eigenvalue weighted by Crippen LogP contribution is -1.98. The van der Waals surface area contributed by atoms with Crippen LogP contribution in [0.15, 0.2) is 279 Å². The van der Waals surface area contributed by atoms with E-state index in [9.17, 15) is 0 Å². The molecule has 0 spiro atoms. The number of allylic oxidation sites excluding steroid dienone is 4. The SMILES string of the molecule is C1=CCCC(c2ccc(-c3cc4cc5c(cc(-c6ccc(-c7ccccc7)cc6)n5-c5ccc(-c6ccc(-c7ccccc7)cc6)cc5)cc4n3-c3ccc(-c4ccc(-c5ccccc5)cc4)cc3)cc2)=C1. The Morgan fingerprint density at radius 2 is 0.556 bits per heavy atom. The number of fused-ring (bicyclic) bond motifs is 2. The molecule has 0 saturated carbocycles. The number of nitrogens with zero attached hydrogens (tertiary/aromatic N) is 2. The van der Waals surface area contributed by atoms with E-state index in [1.165, 1.54) is 88.6 Å². The number of rotatable bonds is 10. The molecule has 0 radical (unpaired) electrons. The number of hydrogen-bond acceptors (Lipinski definition) is 0. The summed E-state index contributed by atoms with van der Waals surface area (Å²) in [5.74, 6) is 0. The normalized spacial score (nSPS) is 12.4. The van der Waals surface area contributed by atoms with Crippen LogP contribution >= 0.6 is 0 Å². The van der Waals surface area contributed by atoms with E-state index < -0.39 is 0 Å². The largest absolute Gasteiger partial charge is 0.309 e. The van der Waals surface area contributed by atoms with Crippen LogP contribution in [0.3, 0.4) is 0 Å². The molecule has 0 unspecified atom stereocenters. The van der Waals surface area contributed by atoms with Crippen molar-refractivity contribution in [2.45, 2.75) is 12.8 Å². The fourth-order valence-corrected chi connectivity index (χ4v) is 10.6. The maximum atomic E-state index is 2.46. The molecule has 2 heterocycles. The lowest BCUT2D eigenvalue weighted by atomic mass is 9.96. The van der Waals surface area contributed by atoms with Gasteiger partial charge in [-0.1, -0.05) is 231 Å². The van der Waals surface area contributed by atoms with Crippen molar-refractivity contribution < 1.29 is 0 Å². The molecule has 0 fully saturated rings. The summed E-state index contributed by atoms with van der Waals surface area (Å²) in [4.78, 5) is 0. The first-order chi connectivity index (χ1) is 35.7. The summed E-state index contributed by atoms with van der Waals surface area (Å²) < 4.78 is 4.91. The maximum absolute atomic E-state index is 2.46. The summed E-state index contributed by atoms with van der Waals surface area (Å²) in [6.07, 6.45) is 8.85. The molecule has 0 atom stereocenters. The molecule has 0 N–H and O–H groups in total. The van der Waals surface area contributed by atoms with Gasteiger partial charge in [0, 0.05) is 22.1 Å². The zero-order chi connectivity index (χ0) is 47.8. The highest BCUT2D eigenvalue weighted by Crippen LogP contribution is 2.40. The first kappa shape index (κ1) is 42.8. The van der Waals surface area contributed by atoms with Crippen LogP contribution in [0.5, 0.6) is 0 Å². The van der Waals surface area contributed by atoms with Crippen molar-refractivity contribution in [1.82, 2.24) is 9.13 Å². The van der Waals surface area contributed by atoms with Gasteiger partial charge in [-0.05, 0) is 139 Å². The Bertz CT molecular complexity index is 3910. The zero-order valence-corrected chi connectivity index (χ0v) is 39.9. The summed E-state index contributed by atoms with van der Waals surface area (Å²) in [5, 5.41) is 2.36. The Morgan fingerprint density at radius 3 is 0.875 bits per heavy atom. The highest BCUT2D eigenvalue weighted by Gasteiger charge is 2.20. The highest BCUT2D eigenvalue weighted by molar-refractivity contribution is 6.02. The Hall–Kier alpha value is -9.24. The minimum absolute atomic E-state index is 1.07. The second-order valence-corrected chi connectivity index (χ2v) is 18.9. The lowest BCUT2D eigenvalue weighted by molar-refractivity contribution is 1.05. The standard InChI is InChI=1S/C70H50N2/c1-5-13-49(14-6-1)53-21-25-57(26-22-53)59-37-41-65(42-38-59)71-67(61-33-29-55(30-34-61)51-17-9-3-10-18-51)45-63-48-70-64(47-69(63)71)46-68(62-35-31-56(32-36-62)52-19-11-4-12-20-52)72(70)66-43-39-60(40-44-66)58-27-23-54(24-28-58)50-15-7-2-8-16-50/h1-11,13-19,21-48H,12,20H2. The number of hydrogen-bond donors (Lipinski definition) is 0. The lowest BCUT2D eigenvalue weighted by Gasteiger charge is -2.14. The third kappa shape index (κ3) is 8.19. The van der Waals surface area contributed by atoms with Crippen LogP contribution in [0.2, 0.25) is 0 Å². The van der Waals surface area contributed by atoms with Crippen LogP contribution in [-0.2, 0) is 0 Å². The van der Waals surface area contributed by atoms with Crippen LogP contribution in [0, 0.1) is 0 Å². The highest BCUT2D eigenvalue weighted by atomic mass is 15.0. The fraction of sp³-hybridized carbons (Fsp3) is 0.0286. The van der Waals surface area contributed by atoms with E-state index in [1.807, 2.05) is 0 Å². The topological polar surface area (TPSA) is 9.86 Å². The molecular weight excluding hydrogens is 869 g/mol. The summed E-state index contributed by atoms with van der Waals surface area (Å²) in [7, 11) is 0. The van der Waals surface area contributed by atoms with E-state index in [0.717, 1.165) is 46.7 Å². The molecule has 13 rings (SSSR count). The van der Waals surface area contributed by atoms with Gasteiger partial charge >= 0.3 is 0 Å². The molecule has 2 aromatic heterocycles. The Morgan fingerprint density at radius 1 is 0.264 bits per heavy atom. The van der Waals surface area contributed by atoms with Crippen molar-refractivity contribution >= 4 is 27.4 Å².